The first-order valence-electron chi connectivity index (χ1n) is 13.5. The fourth-order valence-corrected chi connectivity index (χ4v) is 6.63. The minimum absolute atomic E-state index is 0.110. The van der Waals surface area contributed by atoms with Crippen LogP contribution < -0.4 is 4.90 Å². The standard InChI is InChI=1S/C28H43N3O2/c1-28(2)12-15-31(27(32)22-6-4-3-5-7-22)21-23-20-25(8-9-26(23)28)29-13-10-24(11-14-29)30-16-18-33-19-17-30/h8-9,20,22,24H,3-7,10-19,21H2,1-2H3. The number of fused-ring (bicyclic) bond motifs is 1. The quantitative estimate of drug-likeness (QED) is 0.671. The zero-order chi connectivity index (χ0) is 22.8. The third-order valence-corrected chi connectivity index (χ3v) is 8.84. The Morgan fingerprint density at radius 2 is 1.67 bits per heavy atom. The van der Waals surface area contributed by atoms with Crippen LogP contribution in [0.5, 0.6) is 0 Å². The third-order valence-electron chi connectivity index (χ3n) is 8.84. The number of nitrogens with zero attached hydrogens (tertiary/aromatic N) is 3. The minimum Gasteiger partial charge on any atom is -0.379 e. The second kappa shape index (κ2) is 9.95. The number of morpholine rings is 1. The monoisotopic (exact) mass is 453 g/mol. The molecule has 2 saturated heterocycles. The van der Waals surface area contributed by atoms with Crippen LogP contribution in [0.2, 0.25) is 0 Å². The molecule has 182 valence electrons. The maximum absolute atomic E-state index is 13.4. The van der Waals surface area contributed by atoms with Gasteiger partial charge in [0.05, 0.1) is 13.2 Å². The Hall–Kier alpha value is -1.59. The number of carbonyl (C=O) groups excluding carboxylic acids is 1. The molecule has 0 bridgehead atoms. The van der Waals surface area contributed by atoms with Crippen LogP contribution in [0.1, 0.15) is 76.3 Å². The summed E-state index contributed by atoms with van der Waals surface area (Å²) in [7, 11) is 0. The van der Waals surface area contributed by atoms with E-state index in [1.54, 1.807) is 0 Å². The second-order valence-corrected chi connectivity index (χ2v) is 11.4. The molecule has 0 N–H and O–H groups in total. The van der Waals surface area contributed by atoms with Gasteiger partial charge in [0.2, 0.25) is 5.91 Å². The van der Waals surface area contributed by atoms with Crippen LogP contribution in [0.15, 0.2) is 18.2 Å². The molecule has 5 nitrogen and oxygen atoms in total. The van der Waals surface area contributed by atoms with Gasteiger partial charge in [-0.25, -0.2) is 0 Å². The van der Waals surface area contributed by atoms with Crippen molar-refractivity contribution in [1.82, 2.24) is 9.80 Å². The Balaban J connectivity index is 1.30. The summed E-state index contributed by atoms with van der Waals surface area (Å²) < 4.78 is 5.54. The highest BCUT2D eigenvalue weighted by atomic mass is 16.5. The summed E-state index contributed by atoms with van der Waals surface area (Å²) in [6.07, 6.45) is 9.42. The summed E-state index contributed by atoms with van der Waals surface area (Å²) in [5.41, 5.74) is 4.26. The van der Waals surface area contributed by atoms with Crippen LogP contribution in [-0.2, 0) is 21.5 Å². The average Bonchev–Trinajstić information content (AvgIpc) is 3.00. The number of benzene rings is 1. The topological polar surface area (TPSA) is 36.0 Å². The number of rotatable bonds is 3. The average molecular weight is 454 g/mol. The fraction of sp³-hybridized carbons (Fsp3) is 0.750. The number of piperidine rings is 1. The number of amides is 1. The zero-order valence-electron chi connectivity index (χ0n) is 20.9. The van der Waals surface area contributed by atoms with E-state index < -0.39 is 0 Å². The van der Waals surface area contributed by atoms with Crippen molar-refractivity contribution in [2.24, 2.45) is 5.92 Å². The van der Waals surface area contributed by atoms with Crippen molar-refractivity contribution in [2.75, 3.05) is 50.8 Å². The van der Waals surface area contributed by atoms with Gasteiger partial charge in [-0.3, -0.25) is 9.69 Å². The minimum atomic E-state index is 0.110. The molecule has 33 heavy (non-hydrogen) atoms. The lowest BCUT2D eigenvalue weighted by atomic mass is 9.80. The smallest absolute Gasteiger partial charge is 0.225 e. The van der Waals surface area contributed by atoms with Gasteiger partial charge in [0, 0.05) is 56.9 Å². The normalized spacial score (nSPS) is 25.5. The second-order valence-electron chi connectivity index (χ2n) is 11.4. The molecule has 1 aliphatic carbocycles. The van der Waals surface area contributed by atoms with Crippen molar-refractivity contribution < 1.29 is 9.53 Å². The van der Waals surface area contributed by atoms with Gasteiger partial charge in [-0.2, -0.15) is 0 Å². The maximum Gasteiger partial charge on any atom is 0.225 e. The van der Waals surface area contributed by atoms with Crippen LogP contribution >= 0.6 is 0 Å². The number of hydrogen-bond donors (Lipinski definition) is 0. The van der Waals surface area contributed by atoms with Crippen molar-refractivity contribution >= 4 is 11.6 Å². The van der Waals surface area contributed by atoms with Crippen molar-refractivity contribution in [3.63, 3.8) is 0 Å². The van der Waals surface area contributed by atoms with Gasteiger partial charge in [-0.15, -0.1) is 0 Å². The van der Waals surface area contributed by atoms with Crippen molar-refractivity contribution in [3.8, 4) is 0 Å². The molecule has 5 heteroatoms. The van der Waals surface area contributed by atoms with E-state index >= 15 is 0 Å². The van der Waals surface area contributed by atoms with E-state index in [4.69, 9.17) is 4.74 Å². The summed E-state index contributed by atoms with van der Waals surface area (Å²) in [6, 6.07) is 7.83. The molecular formula is C28H43N3O2. The Morgan fingerprint density at radius 1 is 0.939 bits per heavy atom. The van der Waals surface area contributed by atoms with Crippen LogP contribution in [0.4, 0.5) is 5.69 Å². The van der Waals surface area contributed by atoms with E-state index in [2.05, 4.69) is 46.7 Å². The summed E-state index contributed by atoms with van der Waals surface area (Å²) in [4.78, 5) is 20.8. The van der Waals surface area contributed by atoms with Gasteiger partial charge in [0.25, 0.3) is 0 Å². The molecule has 1 aromatic carbocycles. The first-order valence-corrected chi connectivity index (χ1v) is 13.5. The molecule has 1 amide bonds. The van der Waals surface area contributed by atoms with E-state index in [-0.39, 0.29) is 11.3 Å². The van der Waals surface area contributed by atoms with Crippen molar-refractivity contribution in [3.05, 3.63) is 29.3 Å². The van der Waals surface area contributed by atoms with Gasteiger partial charge in [0.15, 0.2) is 0 Å². The largest absolute Gasteiger partial charge is 0.379 e. The number of carbonyl (C=O) groups is 1. The van der Waals surface area contributed by atoms with E-state index in [9.17, 15) is 4.79 Å². The molecule has 1 aromatic rings. The number of ether oxygens (including phenoxy) is 1. The van der Waals surface area contributed by atoms with E-state index in [1.807, 2.05) is 0 Å². The van der Waals surface area contributed by atoms with Crippen molar-refractivity contribution in [1.29, 1.82) is 0 Å². The van der Waals surface area contributed by atoms with Crippen LogP contribution in [0, 0.1) is 5.92 Å². The first kappa shape index (κ1) is 23.2. The fourth-order valence-electron chi connectivity index (χ4n) is 6.63. The lowest BCUT2D eigenvalue weighted by Crippen LogP contribution is -2.49. The molecule has 3 aliphatic heterocycles. The van der Waals surface area contributed by atoms with E-state index in [0.717, 1.165) is 71.7 Å². The highest BCUT2D eigenvalue weighted by Crippen LogP contribution is 2.37. The Labute approximate surface area is 200 Å². The lowest BCUT2D eigenvalue weighted by Gasteiger charge is -2.41. The van der Waals surface area contributed by atoms with Crippen molar-refractivity contribution in [2.45, 2.75) is 83.2 Å². The Morgan fingerprint density at radius 3 is 2.39 bits per heavy atom. The molecule has 0 radical (unpaired) electrons. The molecule has 5 rings (SSSR count). The summed E-state index contributed by atoms with van der Waals surface area (Å²) in [5.74, 6) is 0.667. The van der Waals surface area contributed by atoms with E-state index in [1.165, 1.54) is 48.9 Å². The number of hydrogen-bond acceptors (Lipinski definition) is 4. The van der Waals surface area contributed by atoms with Crippen LogP contribution in [-0.4, -0.2) is 67.7 Å². The summed E-state index contributed by atoms with van der Waals surface area (Å²) in [6.45, 7) is 12.6. The lowest BCUT2D eigenvalue weighted by molar-refractivity contribution is -0.137. The Kier molecular flexibility index (Phi) is 6.99. The molecule has 3 fully saturated rings. The SMILES string of the molecule is CC1(C)CCN(C(=O)C2CCCCC2)Cc2cc(N3CCC(N4CCOCC4)CC3)ccc21. The van der Waals surface area contributed by atoms with Gasteiger partial charge >= 0.3 is 0 Å². The highest BCUT2D eigenvalue weighted by molar-refractivity contribution is 5.79. The molecule has 3 heterocycles. The molecule has 1 saturated carbocycles. The molecule has 0 aromatic heterocycles. The highest BCUT2D eigenvalue weighted by Gasteiger charge is 2.34. The predicted molar refractivity (Wildman–Crippen MR) is 134 cm³/mol. The van der Waals surface area contributed by atoms with Gasteiger partial charge < -0.3 is 14.5 Å². The maximum atomic E-state index is 13.4. The zero-order valence-corrected chi connectivity index (χ0v) is 20.9. The van der Waals surface area contributed by atoms with Gasteiger partial charge in [-0.05, 0) is 60.8 Å². The third kappa shape index (κ3) is 5.09. The van der Waals surface area contributed by atoms with Crippen LogP contribution in [0.25, 0.3) is 0 Å². The van der Waals surface area contributed by atoms with Gasteiger partial charge in [-0.1, -0.05) is 39.2 Å². The van der Waals surface area contributed by atoms with Crippen LogP contribution in [0.3, 0.4) is 0 Å². The molecular weight excluding hydrogens is 410 g/mol. The first-order chi connectivity index (χ1) is 16.0. The summed E-state index contributed by atoms with van der Waals surface area (Å²) >= 11 is 0. The van der Waals surface area contributed by atoms with Gasteiger partial charge in [0.1, 0.15) is 0 Å². The predicted octanol–water partition coefficient (Wildman–Crippen LogP) is 4.58. The number of anilines is 1. The summed E-state index contributed by atoms with van der Waals surface area (Å²) in [5, 5.41) is 0. The Bertz CT molecular complexity index is 818. The molecule has 4 aliphatic rings. The molecule has 0 unspecified atom stereocenters. The molecule has 0 spiro atoms. The van der Waals surface area contributed by atoms with E-state index in [0.29, 0.717) is 11.9 Å². The molecule has 0 atom stereocenters.